The normalized spacial score (nSPS) is 30.5. The van der Waals surface area contributed by atoms with Crippen LogP contribution in [0.25, 0.3) is 0 Å². The van der Waals surface area contributed by atoms with E-state index in [0.717, 1.165) is 37.5 Å². The molecule has 2 saturated heterocycles. The number of hydrogen-bond donors (Lipinski definition) is 2. The Hall–Kier alpha value is -3.68. The molecule has 274 valence electrons. The maximum Gasteiger partial charge on any atom is 0.258 e. The number of carbonyl (C=O) groups excluding carboxylic acids is 2. The van der Waals surface area contributed by atoms with Gasteiger partial charge in [0.1, 0.15) is 5.75 Å². The van der Waals surface area contributed by atoms with Crippen molar-refractivity contribution in [3.05, 3.63) is 101 Å². The van der Waals surface area contributed by atoms with E-state index in [4.69, 9.17) is 4.74 Å². The lowest BCUT2D eigenvalue weighted by molar-refractivity contribution is -0.124. The number of rotatable bonds is 12. The standard InChI is InChI=1S/C45H56N4O3/c50-44(46-33-16-12-30(13-17-33)24-26-48-40-20-21-41(48)37-9-2-1-8-36(37)40)29-52-35-7-5-6-32(28-35)45(51)47-34-18-14-31(15-19-34)25-27-49-42-22-23-43(49)39-11-4-3-10-38(39)42/h1-11,28,30-31,33-34,40-43H,12-27,29H2,(H,46,50)(H,47,51). The highest BCUT2D eigenvalue weighted by Gasteiger charge is 2.44. The van der Waals surface area contributed by atoms with Gasteiger partial charge >= 0.3 is 0 Å². The van der Waals surface area contributed by atoms with Crippen molar-refractivity contribution in [2.75, 3.05) is 19.7 Å². The van der Waals surface area contributed by atoms with Crippen LogP contribution in [0.1, 0.15) is 147 Å². The SMILES string of the molecule is O=C(COc1cccc(C(=O)NC2CCC(CCN3C4CCC3c3ccccc34)CC2)c1)NC1CCC(CCN2C3CCC2c2ccccc23)CC1. The zero-order valence-electron chi connectivity index (χ0n) is 30.7. The van der Waals surface area contributed by atoms with Crippen LogP contribution in [0.15, 0.2) is 72.8 Å². The van der Waals surface area contributed by atoms with Gasteiger partial charge in [-0.15, -0.1) is 0 Å². The first-order valence-corrected chi connectivity index (χ1v) is 20.6. The molecule has 52 heavy (non-hydrogen) atoms. The third kappa shape index (κ3) is 6.91. The van der Waals surface area contributed by atoms with Crippen molar-refractivity contribution in [3.8, 4) is 5.75 Å². The van der Waals surface area contributed by atoms with Gasteiger partial charge in [-0.1, -0.05) is 54.6 Å². The Morgan fingerprint density at radius 1 is 0.558 bits per heavy atom. The van der Waals surface area contributed by atoms with Crippen LogP contribution in [-0.4, -0.2) is 53.4 Å². The van der Waals surface area contributed by atoms with Crippen LogP contribution in [0.3, 0.4) is 0 Å². The summed E-state index contributed by atoms with van der Waals surface area (Å²) in [6.45, 7) is 2.35. The highest BCUT2D eigenvalue weighted by Crippen LogP contribution is 2.54. The molecule has 4 aliphatic heterocycles. The molecule has 3 aromatic rings. The van der Waals surface area contributed by atoms with E-state index in [9.17, 15) is 9.59 Å². The van der Waals surface area contributed by atoms with E-state index in [-0.39, 0.29) is 30.5 Å². The number of nitrogens with zero attached hydrogens (tertiary/aromatic N) is 2. The minimum Gasteiger partial charge on any atom is -0.484 e. The minimum atomic E-state index is -0.0802. The summed E-state index contributed by atoms with van der Waals surface area (Å²) >= 11 is 0. The van der Waals surface area contributed by atoms with Gasteiger partial charge in [-0.2, -0.15) is 0 Å². The summed E-state index contributed by atoms with van der Waals surface area (Å²) in [4.78, 5) is 31.6. The first kappa shape index (κ1) is 34.1. The van der Waals surface area contributed by atoms with Gasteiger partial charge in [-0.3, -0.25) is 19.4 Å². The lowest BCUT2D eigenvalue weighted by Gasteiger charge is -2.31. The summed E-state index contributed by atoms with van der Waals surface area (Å²) in [6, 6.07) is 28.3. The zero-order chi connectivity index (χ0) is 35.0. The lowest BCUT2D eigenvalue weighted by Crippen LogP contribution is -2.40. The summed E-state index contributed by atoms with van der Waals surface area (Å²) in [7, 11) is 0. The number of hydrogen-bond acceptors (Lipinski definition) is 5. The number of nitrogens with one attached hydrogen (secondary N) is 2. The Bertz CT molecular complexity index is 1680. The Kier molecular flexibility index (Phi) is 9.83. The van der Waals surface area contributed by atoms with Crippen LogP contribution < -0.4 is 15.4 Å². The molecule has 2 aliphatic carbocycles. The molecule has 0 spiro atoms. The van der Waals surface area contributed by atoms with Gasteiger partial charge in [0.2, 0.25) is 0 Å². The monoisotopic (exact) mass is 700 g/mol. The third-order valence-electron chi connectivity index (χ3n) is 13.9. The molecule has 2 amide bonds. The Balaban J connectivity index is 0.664. The predicted molar refractivity (Wildman–Crippen MR) is 204 cm³/mol. The molecule has 6 aliphatic rings. The molecule has 4 heterocycles. The van der Waals surface area contributed by atoms with Gasteiger partial charge < -0.3 is 15.4 Å². The van der Waals surface area contributed by atoms with Crippen molar-refractivity contribution < 1.29 is 14.3 Å². The number of fused-ring (bicyclic) bond motifs is 10. The Morgan fingerprint density at radius 2 is 1.02 bits per heavy atom. The van der Waals surface area contributed by atoms with Crippen LogP contribution in [0.4, 0.5) is 0 Å². The molecular weight excluding hydrogens is 645 g/mol. The van der Waals surface area contributed by atoms with Crippen molar-refractivity contribution in [3.63, 3.8) is 0 Å². The largest absolute Gasteiger partial charge is 0.484 e. The number of ether oxygens (including phenoxy) is 1. The summed E-state index contributed by atoms with van der Waals surface area (Å²) in [5.41, 5.74) is 6.86. The summed E-state index contributed by atoms with van der Waals surface area (Å²) in [5.74, 6) is 1.91. The fourth-order valence-electron chi connectivity index (χ4n) is 11.2. The Labute approximate surface area is 309 Å². The lowest BCUT2D eigenvalue weighted by atomic mass is 9.84. The molecule has 7 heteroatoms. The maximum atomic E-state index is 13.2. The molecule has 7 nitrogen and oxygen atoms in total. The molecule has 0 aromatic heterocycles. The summed E-state index contributed by atoms with van der Waals surface area (Å²) in [5, 5.41) is 6.51. The van der Waals surface area contributed by atoms with Crippen molar-refractivity contribution >= 4 is 11.8 Å². The molecule has 4 unspecified atom stereocenters. The quantitative estimate of drug-likeness (QED) is 0.198. The second-order valence-electron chi connectivity index (χ2n) is 16.8. The first-order chi connectivity index (χ1) is 25.6. The van der Waals surface area contributed by atoms with E-state index in [1.807, 2.05) is 18.2 Å². The third-order valence-corrected chi connectivity index (χ3v) is 13.9. The highest BCUT2D eigenvalue weighted by atomic mass is 16.5. The fraction of sp³-hybridized carbons (Fsp3) is 0.556. The first-order valence-electron chi connectivity index (χ1n) is 20.6. The van der Waals surface area contributed by atoms with Crippen LogP contribution in [0, 0.1) is 11.8 Å². The highest BCUT2D eigenvalue weighted by molar-refractivity contribution is 5.94. The molecule has 2 saturated carbocycles. The van der Waals surface area contributed by atoms with Crippen LogP contribution in [0.5, 0.6) is 5.75 Å². The van der Waals surface area contributed by atoms with E-state index in [1.54, 1.807) is 28.3 Å². The number of amides is 2. The van der Waals surface area contributed by atoms with Gasteiger partial charge in [-0.25, -0.2) is 0 Å². The summed E-state index contributed by atoms with van der Waals surface area (Å²) in [6.07, 6.45) is 16.6. The second kappa shape index (κ2) is 15.0. The molecule has 4 atom stereocenters. The van der Waals surface area contributed by atoms with Gasteiger partial charge in [0, 0.05) is 41.8 Å². The van der Waals surface area contributed by atoms with E-state index in [2.05, 4.69) is 69.0 Å². The number of carbonyl (C=O) groups is 2. The van der Waals surface area contributed by atoms with Gasteiger partial charge in [0.25, 0.3) is 11.8 Å². The van der Waals surface area contributed by atoms with E-state index in [1.165, 1.54) is 77.3 Å². The van der Waals surface area contributed by atoms with Crippen molar-refractivity contribution in [1.82, 2.24) is 20.4 Å². The minimum absolute atomic E-state index is 0.0294. The summed E-state index contributed by atoms with van der Waals surface area (Å²) < 4.78 is 5.88. The topological polar surface area (TPSA) is 73.9 Å². The van der Waals surface area contributed by atoms with Crippen molar-refractivity contribution in [2.45, 2.75) is 126 Å². The Morgan fingerprint density at radius 3 is 1.50 bits per heavy atom. The molecule has 2 N–H and O–H groups in total. The van der Waals surface area contributed by atoms with E-state index in [0.29, 0.717) is 35.5 Å². The molecule has 9 rings (SSSR count). The average molecular weight is 701 g/mol. The average Bonchev–Trinajstić information content (AvgIpc) is 3.95. The maximum absolute atomic E-state index is 13.2. The van der Waals surface area contributed by atoms with Crippen LogP contribution in [-0.2, 0) is 4.79 Å². The van der Waals surface area contributed by atoms with Crippen molar-refractivity contribution in [1.29, 1.82) is 0 Å². The van der Waals surface area contributed by atoms with Crippen molar-refractivity contribution in [2.24, 2.45) is 11.8 Å². The molecule has 4 bridgehead atoms. The van der Waals surface area contributed by atoms with Crippen LogP contribution >= 0.6 is 0 Å². The second-order valence-corrected chi connectivity index (χ2v) is 16.8. The molecular formula is C45H56N4O3. The predicted octanol–water partition coefficient (Wildman–Crippen LogP) is 8.59. The smallest absolute Gasteiger partial charge is 0.258 e. The van der Waals surface area contributed by atoms with Gasteiger partial charge in [0.05, 0.1) is 0 Å². The van der Waals surface area contributed by atoms with E-state index < -0.39 is 0 Å². The molecule has 0 radical (unpaired) electrons. The van der Waals surface area contributed by atoms with E-state index >= 15 is 0 Å². The molecule has 3 aromatic carbocycles. The number of benzene rings is 3. The van der Waals surface area contributed by atoms with Gasteiger partial charge in [-0.05, 0) is 155 Å². The fourth-order valence-corrected chi connectivity index (χ4v) is 11.2. The molecule has 4 fully saturated rings. The zero-order valence-corrected chi connectivity index (χ0v) is 30.7. The van der Waals surface area contributed by atoms with Gasteiger partial charge in [0.15, 0.2) is 6.61 Å². The van der Waals surface area contributed by atoms with Crippen LogP contribution in [0.2, 0.25) is 0 Å².